The lowest BCUT2D eigenvalue weighted by atomic mass is 10.0. The molecule has 0 aliphatic rings. The minimum absolute atomic E-state index is 0.0159. The van der Waals surface area contributed by atoms with Gasteiger partial charge < -0.3 is 9.84 Å². The first-order valence-corrected chi connectivity index (χ1v) is 5.22. The van der Waals surface area contributed by atoms with Crippen LogP contribution < -0.4 is 4.74 Å². The monoisotopic (exact) mass is 244 g/mol. The molecule has 1 aromatic carbocycles. The summed E-state index contributed by atoms with van der Waals surface area (Å²) in [5, 5.41) is 8.51. The molecule has 0 aliphatic carbocycles. The maximum Gasteiger partial charge on any atom is 0.303 e. The van der Waals surface area contributed by atoms with E-state index in [2.05, 4.69) is 0 Å². The van der Waals surface area contributed by atoms with Gasteiger partial charge in [-0.3, -0.25) is 4.79 Å². The fourth-order valence-electron chi connectivity index (χ4n) is 1.65. The molecule has 0 aliphatic heterocycles. The molecular weight excluding hydrogens is 230 g/mol. The van der Waals surface area contributed by atoms with Crippen LogP contribution in [0.5, 0.6) is 5.75 Å². The van der Waals surface area contributed by atoms with Gasteiger partial charge in [-0.2, -0.15) is 0 Å². The molecule has 0 atom stereocenters. The molecule has 0 saturated carbocycles. The highest BCUT2D eigenvalue weighted by Crippen LogP contribution is 2.32. The second-order valence-corrected chi connectivity index (χ2v) is 3.59. The Hall–Kier alpha value is -1.65. The van der Waals surface area contributed by atoms with E-state index in [0.717, 1.165) is 0 Å². The third-order valence-electron chi connectivity index (χ3n) is 2.40. The Morgan fingerprint density at radius 1 is 1.47 bits per heavy atom. The van der Waals surface area contributed by atoms with Gasteiger partial charge in [-0.1, -0.05) is 12.1 Å². The Balaban J connectivity index is 2.84. The van der Waals surface area contributed by atoms with Crippen LogP contribution in [-0.2, 0) is 11.2 Å². The number of benzene rings is 1. The summed E-state index contributed by atoms with van der Waals surface area (Å²) < 4.78 is 30.3. The molecule has 1 rings (SSSR count). The first-order valence-electron chi connectivity index (χ1n) is 5.22. The van der Waals surface area contributed by atoms with Crippen LogP contribution >= 0.6 is 0 Å². The van der Waals surface area contributed by atoms with E-state index in [9.17, 15) is 13.6 Å². The van der Waals surface area contributed by atoms with Gasteiger partial charge in [0, 0.05) is 6.42 Å². The van der Waals surface area contributed by atoms with Gasteiger partial charge in [-0.05, 0) is 24.5 Å². The van der Waals surface area contributed by atoms with E-state index in [1.54, 1.807) is 6.07 Å². The lowest BCUT2D eigenvalue weighted by molar-refractivity contribution is -0.137. The highest BCUT2D eigenvalue weighted by Gasteiger charge is 2.16. The summed E-state index contributed by atoms with van der Waals surface area (Å²) in [7, 11) is 1.34. The molecule has 0 unspecified atom stereocenters. The highest BCUT2D eigenvalue weighted by molar-refractivity contribution is 5.66. The summed E-state index contributed by atoms with van der Waals surface area (Å²) in [5.74, 6) is -0.734. The van der Waals surface area contributed by atoms with Crippen molar-refractivity contribution in [3.63, 3.8) is 0 Å². The standard InChI is InChI=1S/C12H14F2O3/c1-17-11-8(5-3-7-10(15)16)4-2-6-9(11)12(13)14/h2,4,6,12H,3,5,7H2,1H3,(H,15,16). The minimum atomic E-state index is -2.59. The van der Waals surface area contributed by atoms with Crippen molar-refractivity contribution in [3.05, 3.63) is 29.3 Å². The smallest absolute Gasteiger partial charge is 0.303 e. The number of halogens is 2. The lowest BCUT2D eigenvalue weighted by Crippen LogP contribution is -2.00. The Morgan fingerprint density at radius 2 is 2.18 bits per heavy atom. The summed E-state index contributed by atoms with van der Waals surface area (Å²) in [5.41, 5.74) is 0.465. The summed E-state index contributed by atoms with van der Waals surface area (Å²) in [6.07, 6.45) is -1.76. The van der Waals surface area contributed by atoms with E-state index < -0.39 is 12.4 Å². The maximum atomic E-state index is 12.7. The van der Waals surface area contributed by atoms with Crippen molar-refractivity contribution in [2.75, 3.05) is 7.11 Å². The number of hydrogen-bond donors (Lipinski definition) is 1. The summed E-state index contributed by atoms with van der Waals surface area (Å²) in [6, 6.07) is 4.51. The van der Waals surface area contributed by atoms with Crippen LogP contribution in [0.1, 0.15) is 30.4 Å². The van der Waals surface area contributed by atoms with Gasteiger partial charge in [-0.25, -0.2) is 8.78 Å². The molecule has 5 heteroatoms. The van der Waals surface area contributed by atoms with Gasteiger partial charge in [-0.15, -0.1) is 0 Å². The van der Waals surface area contributed by atoms with E-state index in [-0.39, 0.29) is 17.7 Å². The van der Waals surface area contributed by atoms with E-state index in [0.29, 0.717) is 18.4 Å². The number of methoxy groups -OCH3 is 1. The number of hydrogen-bond acceptors (Lipinski definition) is 2. The molecule has 0 heterocycles. The zero-order valence-corrected chi connectivity index (χ0v) is 9.45. The number of aliphatic carboxylic acids is 1. The number of alkyl halides is 2. The molecule has 1 N–H and O–H groups in total. The Labute approximate surface area is 98.0 Å². The van der Waals surface area contributed by atoms with Crippen molar-refractivity contribution in [3.8, 4) is 5.75 Å². The van der Waals surface area contributed by atoms with Crippen molar-refractivity contribution in [2.24, 2.45) is 0 Å². The number of para-hydroxylation sites is 1. The third kappa shape index (κ3) is 3.69. The largest absolute Gasteiger partial charge is 0.496 e. The Morgan fingerprint density at radius 3 is 2.71 bits per heavy atom. The zero-order chi connectivity index (χ0) is 12.8. The SMILES string of the molecule is COc1c(CCCC(=O)O)cccc1C(F)F. The molecule has 0 saturated heterocycles. The van der Waals surface area contributed by atoms with Crippen LogP contribution in [-0.4, -0.2) is 18.2 Å². The van der Waals surface area contributed by atoms with Gasteiger partial charge in [0.2, 0.25) is 0 Å². The van der Waals surface area contributed by atoms with E-state index >= 15 is 0 Å². The van der Waals surface area contributed by atoms with Crippen LogP contribution in [0.25, 0.3) is 0 Å². The number of aryl methyl sites for hydroxylation is 1. The molecule has 0 radical (unpaired) electrons. The predicted octanol–water partition coefficient (Wildman–Crippen LogP) is 3.04. The zero-order valence-electron chi connectivity index (χ0n) is 9.45. The number of rotatable bonds is 6. The van der Waals surface area contributed by atoms with E-state index in [4.69, 9.17) is 9.84 Å². The molecule has 1 aromatic rings. The second-order valence-electron chi connectivity index (χ2n) is 3.59. The van der Waals surface area contributed by atoms with Crippen LogP contribution in [0.3, 0.4) is 0 Å². The van der Waals surface area contributed by atoms with Gasteiger partial charge >= 0.3 is 5.97 Å². The average molecular weight is 244 g/mol. The van der Waals surface area contributed by atoms with Crippen LogP contribution in [0, 0.1) is 0 Å². The topological polar surface area (TPSA) is 46.5 Å². The normalized spacial score (nSPS) is 10.6. The van der Waals surface area contributed by atoms with Crippen LogP contribution in [0.2, 0.25) is 0 Å². The molecule has 3 nitrogen and oxygen atoms in total. The molecule has 0 fully saturated rings. The Kier molecular flexibility index (Phi) is 4.87. The predicted molar refractivity (Wildman–Crippen MR) is 58.5 cm³/mol. The maximum absolute atomic E-state index is 12.7. The number of carboxylic acids is 1. The van der Waals surface area contributed by atoms with Gasteiger partial charge in [0.15, 0.2) is 0 Å². The highest BCUT2D eigenvalue weighted by atomic mass is 19.3. The molecule has 17 heavy (non-hydrogen) atoms. The first kappa shape index (κ1) is 13.4. The van der Waals surface area contributed by atoms with Crippen LogP contribution in [0.4, 0.5) is 8.78 Å². The quantitative estimate of drug-likeness (QED) is 0.836. The third-order valence-corrected chi connectivity index (χ3v) is 2.40. The van der Waals surface area contributed by atoms with Crippen molar-refractivity contribution in [2.45, 2.75) is 25.7 Å². The Bertz CT molecular complexity index is 391. The lowest BCUT2D eigenvalue weighted by Gasteiger charge is -2.12. The van der Waals surface area contributed by atoms with Crippen molar-refractivity contribution < 1.29 is 23.4 Å². The summed E-state index contributed by atoms with van der Waals surface area (Å²) in [6.45, 7) is 0. The molecule has 0 aromatic heterocycles. The molecule has 0 amide bonds. The minimum Gasteiger partial charge on any atom is -0.496 e. The molecule has 0 bridgehead atoms. The summed E-state index contributed by atoms with van der Waals surface area (Å²) in [4.78, 5) is 10.4. The average Bonchev–Trinajstić information content (AvgIpc) is 2.28. The number of ether oxygens (including phenoxy) is 1. The molecular formula is C12H14F2O3. The molecule has 94 valence electrons. The number of carbonyl (C=O) groups is 1. The van der Waals surface area contributed by atoms with Gasteiger partial charge in [0.25, 0.3) is 6.43 Å². The van der Waals surface area contributed by atoms with Crippen molar-refractivity contribution >= 4 is 5.97 Å². The van der Waals surface area contributed by atoms with Gasteiger partial charge in [0.05, 0.1) is 12.7 Å². The van der Waals surface area contributed by atoms with Crippen LogP contribution in [0.15, 0.2) is 18.2 Å². The number of carboxylic acid groups (broad SMARTS) is 1. The first-order chi connectivity index (χ1) is 8.06. The van der Waals surface area contributed by atoms with Gasteiger partial charge in [0.1, 0.15) is 5.75 Å². The molecule has 0 spiro atoms. The summed E-state index contributed by atoms with van der Waals surface area (Å²) >= 11 is 0. The van der Waals surface area contributed by atoms with E-state index in [1.165, 1.54) is 19.2 Å². The second kappa shape index (κ2) is 6.18. The fraction of sp³-hybridized carbons (Fsp3) is 0.417. The fourth-order valence-corrected chi connectivity index (χ4v) is 1.65. The van der Waals surface area contributed by atoms with Crippen molar-refractivity contribution in [1.82, 2.24) is 0 Å². The van der Waals surface area contributed by atoms with Crippen molar-refractivity contribution in [1.29, 1.82) is 0 Å². The van der Waals surface area contributed by atoms with E-state index in [1.807, 2.05) is 0 Å².